The summed E-state index contributed by atoms with van der Waals surface area (Å²) in [6.07, 6.45) is 0.437. The maximum Gasteiger partial charge on any atom is 0.308 e. The highest BCUT2D eigenvalue weighted by Crippen LogP contribution is 2.02. The predicted molar refractivity (Wildman–Crippen MR) is 67.9 cm³/mol. The van der Waals surface area contributed by atoms with Crippen molar-refractivity contribution in [3.8, 4) is 0 Å². The number of hydrogen-bond donors (Lipinski definition) is 0. The third-order valence-corrected chi connectivity index (χ3v) is 3.00. The molecule has 7 nitrogen and oxygen atoms in total. The van der Waals surface area contributed by atoms with Gasteiger partial charge in [-0.3, -0.25) is 8.98 Å². The molecule has 0 fully saturated rings. The lowest BCUT2D eigenvalue weighted by molar-refractivity contribution is -0.890. The molecule has 0 amide bonds. The second kappa shape index (κ2) is 7.78. The van der Waals surface area contributed by atoms with Crippen molar-refractivity contribution < 1.29 is 31.2 Å². The van der Waals surface area contributed by atoms with Crippen LogP contribution < -0.4 is 0 Å². The molecular formula is C11H23NO6S. The molecule has 0 spiro atoms. The molecule has 114 valence electrons. The third-order valence-electron chi connectivity index (χ3n) is 2.55. The molecule has 0 radical (unpaired) electrons. The number of esters is 1. The monoisotopic (exact) mass is 297 g/mol. The molecule has 0 aromatic carbocycles. The minimum Gasteiger partial charge on any atom is -0.726 e. The quantitative estimate of drug-likeness (QED) is 0.197. The average Bonchev–Trinajstić information content (AvgIpc) is 2.22. The van der Waals surface area contributed by atoms with Crippen molar-refractivity contribution in [3.05, 3.63) is 0 Å². The van der Waals surface area contributed by atoms with Gasteiger partial charge in [0.15, 0.2) is 0 Å². The Morgan fingerprint density at radius 1 is 1.21 bits per heavy atom. The van der Waals surface area contributed by atoms with Crippen molar-refractivity contribution in [1.29, 1.82) is 0 Å². The van der Waals surface area contributed by atoms with Crippen LogP contribution in [-0.4, -0.2) is 63.8 Å². The first kappa shape index (κ1) is 18.3. The van der Waals surface area contributed by atoms with Crippen LogP contribution in [-0.2, 0) is 24.1 Å². The third kappa shape index (κ3) is 10.9. The van der Waals surface area contributed by atoms with Gasteiger partial charge < -0.3 is 13.8 Å². The van der Waals surface area contributed by atoms with Crippen molar-refractivity contribution in [1.82, 2.24) is 0 Å². The maximum atomic E-state index is 11.2. The molecule has 19 heavy (non-hydrogen) atoms. The Morgan fingerprint density at radius 2 is 1.79 bits per heavy atom. The molecule has 0 bridgehead atoms. The van der Waals surface area contributed by atoms with E-state index in [0.29, 0.717) is 30.6 Å². The number of hydrogen-bond acceptors (Lipinski definition) is 6. The van der Waals surface area contributed by atoms with Crippen molar-refractivity contribution in [2.75, 3.05) is 40.4 Å². The zero-order valence-corrected chi connectivity index (χ0v) is 12.7. The second-order valence-corrected chi connectivity index (χ2v) is 6.34. The molecule has 0 atom stereocenters. The summed E-state index contributed by atoms with van der Waals surface area (Å²) < 4.78 is 40.4. The number of nitrogens with zero attached hydrogens (tertiary/aromatic N) is 1. The molecule has 0 aromatic rings. The van der Waals surface area contributed by atoms with Gasteiger partial charge in [-0.2, -0.15) is 0 Å². The van der Waals surface area contributed by atoms with E-state index in [4.69, 9.17) is 4.74 Å². The Hall–Kier alpha value is -0.700. The zero-order chi connectivity index (χ0) is 15.1. The Bertz CT molecular complexity index is 377. The minimum atomic E-state index is -4.61. The first-order valence-electron chi connectivity index (χ1n) is 6.12. The molecular weight excluding hydrogens is 274 g/mol. The van der Waals surface area contributed by atoms with E-state index in [9.17, 15) is 17.8 Å². The van der Waals surface area contributed by atoms with Gasteiger partial charge in [0, 0.05) is 6.42 Å². The lowest BCUT2D eigenvalue weighted by Gasteiger charge is -2.29. The molecule has 0 aliphatic rings. The van der Waals surface area contributed by atoms with Crippen LogP contribution in [0.3, 0.4) is 0 Å². The molecule has 0 N–H and O–H groups in total. The van der Waals surface area contributed by atoms with Crippen LogP contribution in [0.2, 0.25) is 0 Å². The van der Waals surface area contributed by atoms with E-state index in [1.54, 1.807) is 13.8 Å². The van der Waals surface area contributed by atoms with Crippen LogP contribution in [0.1, 0.15) is 20.3 Å². The molecule has 8 heteroatoms. The van der Waals surface area contributed by atoms with E-state index in [1.807, 2.05) is 14.1 Å². The first-order valence-corrected chi connectivity index (χ1v) is 7.46. The van der Waals surface area contributed by atoms with E-state index in [1.165, 1.54) is 0 Å². The van der Waals surface area contributed by atoms with Crippen molar-refractivity contribution in [2.24, 2.45) is 5.92 Å². The van der Waals surface area contributed by atoms with Gasteiger partial charge in [0.25, 0.3) is 0 Å². The highest BCUT2D eigenvalue weighted by atomic mass is 32.3. The minimum absolute atomic E-state index is 0.126. The summed E-state index contributed by atoms with van der Waals surface area (Å²) in [5.41, 5.74) is 0. The van der Waals surface area contributed by atoms with Crippen molar-refractivity contribution in [2.45, 2.75) is 20.3 Å². The van der Waals surface area contributed by atoms with Gasteiger partial charge in [0.2, 0.25) is 10.4 Å². The Balaban J connectivity index is 3.83. The Kier molecular flexibility index (Phi) is 7.50. The van der Waals surface area contributed by atoms with Crippen LogP contribution in [0.5, 0.6) is 0 Å². The van der Waals surface area contributed by atoms with Crippen LogP contribution in [0.15, 0.2) is 0 Å². The second-order valence-electron chi connectivity index (χ2n) is 5.29. The standard InChI is InChI=1S/C11H23NO6S/c1-10(2)11(13)17-9-7-12(3,4)6-5-8-18-19(14,15)16/h10H,5-9H2,1-4H3. The van der Waals surface area contributed by atoms with Crippen molar-refractivity contribution in [3.63, 3.8) is 0 Å². The molecule has 0 saturated carbocycles. The highest BCUT2D eigenvalue weighted by Gasteiger charge is 2.16. The van der Waals surface area contributed by atoms with Crippen LogP contribution >= 0.6 is 0 Å². The molecule has 0 aromatic heterocycles. The molecule has 0 unspecified atom stereocenters. The largest absolute Gasteiger partial charge is 0.726 e. The van der Waals surface area contributed by atoms with E-state index in [2.05, 4.69) is 4.18 Å². The predicted octanol–water partition coefficient (Wildman–Crippen LogP) is 0.129. The Morgan fingerprint density at radius 3 is 2.26 bits per heavy atom. The van der Waals surface area contributed by atoms with Crippen LogP contribution in [0.25, 0.3) is 0 Å². The Labute approximate surface area is 115 Å². The SMILES string of the molecule is CC(C)C(=O)OCC[N+](C)(C)CCCOS(=O)(=O)[O-]. The molecule has 0 aliphatic heterocycles. The summed E-state index contributed by atoms with van der Waals surface area (Å²) in [6.45, 7) is 4.95. The van der Waals surface area contributed by atoms with Gasteiger partial charge in [-0.05, 0) is 0 Å². The summed E-state index contributed by atoms with van der Waals surface area (Å²) in [7, 11) is -0.755. The van der Waals surface area contributed by atoms with E-state index < -0.39 is 10.4 Å². The lowest BCUT2D eigenvalue weighted by atomic mass is 10.2. The zero-order valence-electron chi connectivity index (χ0n) is 11.9. The smallest absolute Gasteiger partial charge is 0.308 e. The van der Waals surface area contributed by atoms with Gasteiger partial charge in [-0.1, -0.05) is 13.8 Å². The van der Waals surface area contributed by atoms with Crippen LogP contribution in [0.4, 0.5) is 0 Å². The number of likely N-dealkylation sites (N-methyl/N-ethyl adjacent to an activating group) is 1. The van der Waals surface area contributed by atoms with Gasteiger partial charge in [0.1, 0.15) is 13.2 Å². The van der Waals surface area contributed by atoms with Gasteiger partial charge in [-0.25, -0.2) is 8.42 Å². The number of carbonyl (C=O) groups is 1. The summed E-state index contributed by atoms with van der Waals surface area (Å²) in [4.78, 5) is 11.2. The fraction of sp³-hybridized carbons (Fsp3) is 0.909. The van der Waals surface area contributed by atoms with Crippen molar-refractivity contribution >= 4 is 16.4 Å². The summed E-state index contributed by atoms with van der Waals surface area (Å²) in [5.74, 6) is -0.382. The molecule has 0 saturated heterocycles. The number of quaternary nitrogens is 1. The molecule has 0 rings (SSSR count). The maximum absolute atomic E-state index is 11.2. The number of ether oxygens (including phenoxy) is 1. The highest BCUT2D eigenvalue weighted by molar-refractivity contribution is 7.80. The molecule has 0 heterocycles. The topological polar surface area (TPSA) is 92.7 Å². The van der Waals surface area contributed by atoms with E-state index >= 15 is 0 Å². The summed E-state index contributed by atoms with van der Waals surface area (Å²) in [6, 6.07) is 0. The normalized spacial score (nSPS) is 12.7. The van der Waals surface area contributed by atoms with Crippen LogP contribution in [0, 0.1) is 5.92 Å². The number of carbonyl (C=O) groups excluding carboxylic acids is 1. The van der Waals surface area contributed by atoms with E-state index in [0.717, 1.165) is 0 Å². The fourth-order valence-corrected chi connectivity index (χ4v) is 1.65. The van der Waals surface area contributed by atoms with E-state index in [-0.39, 0.29) is 18.5 Å². The summed E-state index contributed by atoms with van der Waals surface area (Å²) in [5, 5.41) is 0. The summed E-state index contributed by atoms with van der Waals surface area (Å²) >= 11 is 0. The number of rotatable bonds is 9. The van der Waals surface area contributed by atoms with Gasteiger partial charge in [0.05, 0.1) is 33.2 Å². The lowest BCUT2D eigenvalue weighted by Crippen LogP contribution is -2.43. The average molecular weight is 297 g/mol. The fourth-order valence-electron chi connectivity index (χ4n) is 1.33. The van der Waals surface area contributed by atoms with Gasteiger partial charge >= 0.3 is 5.97 Å². The van der Waals surface area contributed by atoms with Gasteiger partial charge in [-0.15, -0.1) is 0 Å². The molecule has 0 aliphatic carbocycles. The first-order chi connectivity index (χ1) is 8.53.